The Hall–Kier alpha value is -2.67. The second-order valence-electron chi connectivity index (χ2n) is 6.27. The number of anilines is 1. The highest BCUT2D eigenvalue weighted by atomic mass is 16.5. The number of allylic oxidation sites excluding steroid dienone is 2. The van der Waals surface area contributed by atoms with Gasteiger partial charge in [-0.3, -0.25) is 5.01 Å². The van der Waals surface area contributed by atoms with Gasteiger partial charge in [0.05, 0.1) is 12.3 Å². The second kappa shape index (κ2) is 7.94. The number of nitrogens with zero attached hydrogens (tertiary/aromatic N) is 2. The van der Waals surface area contributed by atoms with Gasteiger partial charge in [-0.15, -0.1) is 0 Å². The lowest BCUT2D eigenvalue weighted by Crippen LogP contribution is -2.15. The lowest BCUT2D eigenvalue weighted by Gasteiger charge is -2.15. The zero-order chi connectivity index (χ0) is 17.6. The quantitative estimate of drug-likeness (QED) is 0.458. The smallest absolute Gasteiger partial charge is 0.183 e. The highest BCUT2D eigenvalue weighted by Crippen LogP contribution is 2.29. The highest BCUT2D eigenvalue weighted by Gasteiger charge is 2.15. The van der Waals surface area contributed by atoms with Crippen LogP contribution >= 0.6 is 0 Å². The Bertz CT molecular complexity index is 693. The zero-order valence-corrected chi connectivity index (χ0v) is 14.2. The van der Waals surface area contributed by atoms with E-state index in [1.165, 1.54) is 0 Å². The fourth-order valence-corrected chi connectivity index (χ4v) is 2.90. The largest absolute Gasteiger partial charge is 0.507 e. The van der Waals surface area contributed by atoms with Crippen LogP contribution in [0, 0.1) is 5.92 Å². The van der Waals surface area contributed by atoms with Crippen molar-refractivity contribution < 1.29 is 9.84 Å². The first-order chi connectivity index (χ1) is 12.1. The molecule has 3 rings (SSSR count). The van der Waals surface area contributed by atoms with Crippen LogP contribution in [0.2, 0.25) is 0 Å². The molecular formula is C18H25N5O2. The molecular weight excluding hydrogens is 318 g/mol. The SMILES string of the molecule is N/C(=C\C=C(/N)OCC1CCNC1)c1ccc(N2CCC=N2)cc1O. The van der Waals surface area contributed by atoms with Gasteiger partial charge >= 0.3 is 0 Å². The van der Waals surface area contributed by atoms with Gasteiger partial charge in [-0.2, -0.15) is 5.10 Å². The predicted molar refractivity (Wildman–Crippen MR) is 99.9 cm³/mol. The minimum Gasteiger partial charge on any atom is -0.507 e. The standard InChI is InChI=1S/C18H25N5O2/c19-16(4-5-18(20)25-12-13-6-8-21-11-13)15-3-2-14(10-17(15)24)23-9-1-7-22-23/h2-5,7,10,13,21,24H,1,6,8-9,11-12,19-20H2/b16-4-,18-5+. The number of nitrogens with two attached hydrogens (primary N) is 2. The number of hydrogen-bond donors (Lipinski definition) is 4. The van der Waals surface area contributed by atoms with Crippen LogP contribution in [0.5, 0.6) is 5.75 Å². The summed E-state index contributed by atoms with van der Waals surface area (Å²) in [5.41, 5.74) is 13.7. The van der Waals surface area contributed by atoms with Gasteiger partial charge in [-0.05, 0) is 37.3 Å². The second-order valence-corrected chi connectivity index (χ2v) is 6.27. The molecule has 2 heterocycles. The van der Waals surface area contributed by atoms with Crippen molar-refractivity contribution in [1.82, 2.24) is 5.32 Å². The average molecular weight is 343 g/mol. The van der Waals surface area contributed by atoms with Gasteiger partial charge in [0.15, 0.2) is 5.88 Å². The fraction of sp³-hybridized carbons (Fsp3) is 0.389. The van der Waals surface area contributed by atoms with Crippen molar-refractivity contribution in [2.24, 2.45) is 22.5 Å². The number of hydrogen-bond acceptors (Lipinski definition) is 7. The molecule has 1 atom stereocenters. The number of hydrazone groups is 1. The number of benzene rings is 1. The van der Waals surface area contributed by atoms with E-state index >= 15 is 0 Å². The molecule has 1 aromatic carbocycles. The summed E-state index contributed by atoms with van der Waals surface area (Å²) in [4.78, 5) is 0. The molecule has 6 N–H and O–H groups in total. The lowest BCUT2D eigenvalue weighted by molar-refractivity contribution is 0.170. The summed E-state index contributed by atoms with van der Waals surface area (Å²) in [6.45, 7) is 3.41. The van der Waals surface area contributed by atoms with Crippen LogP contribution in [0.1, 0.15) is 18.4 Å². The van der Waals surface area contributed by atoms with Gasteiger partial charge in [-0.25, -0.2) is 0 Å². The summed E-state index contributed by atoms with van der Waals surface area (Å²) in [6.07, 6.45) is 7.13. The summed E-state index contributed by atoms with van der Waals surface area (Å²) in [7, 11) is 0. The van der Waals surface area contributed by atoms with Gasteiger partial charge in [-0.1, -0.05) is 0 Å². The number of ether oxygens (including phenoxy) is 1. The normalized spacial score (nSPS) is 21.1. The number of aromatic hydroxyl groups is 1. The Morgan fingerprint density at radius 1 is 1.40 bits per heavy atom. The summed E-state index contributed by atoms with van der Waals surface area (Å²) in [5.74, 6) is 0.925. The minimum atomic E-state index is 0.110. The number of phenolic OH excluding ortho intramolecular Hbond substituents is 1. The van der Waals surface area contributed by atoms with Crippen LogP contribution in [0.3, 0.4) is 0 Å². The van der Waals surface area contributed by atoms with Crippen molar-refractivity contribution in [1.29, 1.82) is 0 Å². The molecule has 0 bridgehead atoms. The molecule has 0 saturated carbocycles. The summed E-state index contributed by atoms with van der Waals surface area (Å²) < 4.78 is 5.54. The van der Waals surface area contributed by atoms with Crippen LogP contribution in [0.15, 0.2) is 41.3 Å². The van der Waals surface area contributed by atoms with Crippen LogP contribution < -0.4 is 21.8 Å². The summed E-state index contributed by atoms with van der Waals surface area (Å²) in [5, 5.41) is 19.6. The minimum absolute atomic E-state index is 0.110. The molecule has 1 unspecified atom stereocenters. The lowest BCUT2D eigenvalue weighted by atomic mass is 10.1. The molecule has 2 aliphatic heterocycles. The first-order valence-corrected chi connectivity index (χ1v) is 8.53. The van der Waals surface area contributed by atoms with Crippen LogP contribution in [-0.4, -0.2) is 37.6 Å². The van der Waals surface area contributed by atoms with E-state index in [1.54, 1.807) is 24.3 Å². The Morgan fingerprint density at radius 3 is 2.96 bits per heavy atom. The summed E-state index contributed by atoms with van der Waals surface area (Å²) in [6, 6.07) is 5.32. The molecule has 1 aromatic rings. The van der Waals surface area contributed by atoms with E-state index < -0.39 is 0 Å². The maximum atomic E-state index is 10.2. The average Bonchev–Trinajstić information content (AvgIpc) is 3.31. The van der Waals surface area contributed by atoms with Crippen molar-refractivity contribution >= 4 is 17.6 Å². The highest BCUT2D eigenvalue weighted by molar-refractivity contribution is 5.73. The van der Waals surface area contributed by atoms with E-state index in [1.807, 2.05) is 17.3 Å². The third-order valence-corrected chi connectivity index (χ3v) is 4.36. The van der Waals surface area contributed by atoms with E-state index in [9.17, 15) is 5.11 Å². The first kappa shape index (κ1) is 17.2. The van der Waals surface area contributed by atoms with Gasteiger partial charge in [0.1, 0.15) is 5.75 Å². The Balaban J connectivity index is 1.62. The number of rotatable bonds is 6. The topological polar surface area (TPSA) is 109 Å². The number of nitrogens with one attached hydrogen (secondary N) is 1. The molecule has 0 radical (unpaired) electrons. The van der Waals surface area contributed by atoms with Crippen molar-refractivity contribution in [3.63, 3.8) is 0 Å². The summed E-state index contributed by atoms with van der Waals surface area (Å²) >= 11 is 0. The van der Waals surface area contributed by atoms with E-state index in [2.05, 4.69) is 10.4 Å². The van der Waals surface area contributed by atoms with Crippen molar-refractivity contribution in [2.45, 2.75) is 12.8 Å². The molecule has 1 saturated heterocycles. The molecule has 134 valence electrons. The van der Waals surface area contributed by atoms with Crippen molar-refractivity contribution in [2.75, 3.05) is 31.3 Å². The Morgan fingerprint density at radius 2 is 2.28 bits per heavy atom. The Kier molecular flexibility index (Phi) is 5.45. The van der Waals surface area contributed by atoms with Crippen molar-refractivity contribution in [3.8, 4) is 5.75 Å². The van der Waals surface area contributed by atoms with E-state index in [0.29, 0.717) is 29.7 Å². The van der Waals surface area contributed by atoms with E-state index in [0.717, 1.165) is 38.2 Å². The van der Waals surface area contributed by atoms with Gasteiger partial charge in [0.2, 0.25) is 0 Å². The molecule has 0 aliphatic carbocycles. The third kappa shape index (κ3) is 4.45. The molecule has 1 fully saturated rings. The van der Waals surface area contributed by atoms with Crippen LogP contribution in [0.4, 0.5) is 5.69 Å². The third-order valence-electron chi connectivity index (χ3n) is 4.36. The van der Waals surface area contributed by atoms with Crippen LogP contribution in [0.25, 0.3) is 5.70 Å². The van der Waals surface area contributed by atoms with E-state index in [4.69, 9.17) is 16.2 Å². The maximum Gasteiger partial charge on any atom is 0.183 e. The van der Waals surface area contributed by atoms with Crippen molar-refractivity contribution in [3.05, 3.63) is 41.8 Å². The molecule has 0 amide bonds. The Labute approximate surface area is 147 Å². The maximum absolute atomic E-state index is 10.2. The van der Waals surface area contributed by atoms with E-state index in [-0.39, 0.29) is 5.75 Å². The molecule has 25 heavy (non-hydrogen) atoms. The van der Waals surface area contributed by atoms with Gasteiger partial charge in [0, 0.05) is 49.0 Å². The molecule has 2 aliphatic rings. The van der Waals surface area contributed by atoms with Gasteiger partial charge in [0.25, 0.3) is 0 Å². The zero-order valence-electron chi connectivity index (χ0n) is 14.2. The number of phenols is 1. The fourth-order valence-electron chi connectivity index (χ4n) is 2.90. The molecule has 7 heteroatoms. The molecule has 7 nitrogen and oxygen atoms in total. The monoisotopic (exact) mass is 343 g/mol. The molecule has 0 aromatic heterocycles. The first-order valence-electron chi connectivity index (χ1n) is 8.53. The van der Waals surface area contributed by atoms with Crippen LogP contribution in [-0.2, 0) is 4.74 Å². The van der Waals surface area contributed by atoms with Gasteiger partial charge < -0.3 is 26.6 Å². The predicted octanol–water partition coefficient (Wildman–Crippen LogP) is 1.31. The molecule has 0 spiro atoms.